The van der Waals surface area contributed by atoms with Crippen molar-refractivity contribution in [3.05, 3.63) is 28.5 Å². The van der Waals surface area contributed by atoms with Crippen molar-refractivity contribution in [2.45, 2.75) is 12.0 Å². The fraction of sp³-hybridized carbons (Fsp3) is 0.364. The van der Waals surface area contributed by atoms with Crippen LogP contribution in [0, 0.1) is 0 Å². The topological polar surface area (TPSA) is 79.3 Å². The molecule has 1 fully saturated rings. The van der Waals surface area contributed by atoms with Crippen molar-refractivity contribution in [1.82, 2.24) is 10.3 Å². The highest BCUT2D eigenvalue weighted by Gasteiger charge is 2.43. The minimum atomic E-state index is -1.16. The zero-order chi connectivity index (χ0) is 13.2. The van der Waals surface area contributed by atoms with E-state index < -0.39 is 17.4 Å². The highest BCUT2D eigenvalue weighted by Crippen LogP contribution is 2.28. The zero-order valence-electron chi connectivity index (χ0n) is 9.35. The smallest absolute Gasteiger partial charge is 0.330 e. The third kappa shape index (κ3) is 2.67. The first-order valence-corrected chi connectivity index (χ1v) is 7.23. The Bertz CT molecular complexity index is 472. The fourth-order valence-corrected chi connectivity index (χ4v) is 3.24. The molecule has 1 saturated heterocycles. The van der Waals surface area contributed by atoms with E-state index in [0.29, 0.717) is 12.2 Å². The number of carbonyl (C=O) groups excluding carboxylic acids is 1. The lowest BCUT2D eigenvalue weighted by Gasteiger charge is -2.24. The summed E-state index contributed by atoms with van der Waals surface area (Å²) in [6, 6.07) is 3.25. The number of aromatic nitrogens is 1. The van der Waals surface area contributed by atoms with E-state index in [0.717, 1.165) is 10.2 Å². The molecule has 0 aliphatic carbocycles. The van der Waals surface area contributed by atoms with Gasteiger partial charge in [0.05, 0.1) is 0 Å². The molecule has 0 bridgehead atoms. The number of carboxylic acid groups (broad SMARTS) is 1. The van der Waals surface area contributed by atoms with Gasteiger partial charge in [-0.2, -0.15) is 11.8 Å². The van der Waals surface area contributed by atoms with Crippen molar-refractivity contribution in [3.63, 3.8) is 0 Å². The normalized spacial score (nSPS) is 22.7. The third-order valence-electron chi connectivity index (χ3n) is 2.74. The van der Waals surface area contributed by atoms with Gasteiger partial charge in [0, 0.05) is 16.4 Å². The van der Waals surface area contributed by atoms with E-state index in [2.05, 4.69) is 26.2 Å². The largest absolute Gasteiger partial charge is 0.479 e. The first-order chi connectivity index (χ1) is 8.53. The second-order valence-electron chi connectivity index (χ2n) is 4.01. The van der Waals surface area contributed by atoms with Gasteiger partial charge in [0.1, 0.15) is 11.2 Å². The Hall–Kier alpha value is -1.08. The molecule has 1 aromatic rings. The number of hydrogen-bond donors (Lipinski definition) is 2. The molecule has 1 aliphatic rings. The summed E-state index contributed by atoms with van der Waals surface area (Å²) in [4.78, 5) is 27.2. The van der Waals surface area contributed by atoms with Crippen LogP contribution in [0.5, 0.6) is 0 Å². The number of halogens is 1. The molecular formula is C11H11BrN2O3S. The minimum Gasteiger partial charge on any atom is -0.479 e. The molecule has 7 heteroatoms. The van der Waals surface area contributed by atoms with Crippen molar-refractivity contribution < 1.29 is 14.7 Å². The molecule has 0 unspecified atom stereocenters. The predicted molar refractivity (Wildman–Crippen MR) is 71.7 cm³/mol. The molecule has 1 amide bonds. The standard InChI is InChI=1S/C11H11BrN2O3S/c12-7-1-2-8(13-5-7)9(15)14-11(10(16)17)3-4-18-6-11/h1-2,5H,3-4,6H2,(H,14,15)(H,16,17)/t11-/m1/s1. The Morgan fingerprint density at radius 2 is 2.28 bits per heavy atom. The molecule has 1 atom stereocenters. The lowest BCUT2D eigenvalue weighted by atomic mass is 9.99. The average Bonchev–Trinajstić information content (AvgIpc) is 2.79. The number of thioether (sulfide) groups is 1. The number of hydrogen-bond acceptors (Lipinski definition) is 4. The van der Waals surface area contributed by atoms with E-state index in [9.17, 15) is 14.7 Å². The van der Waals surface area contributed by atoms with Crippen LogP contribution in [0.15, 0.2) is 22.8 Å². The number of aliphatic carboxylic acids is 1. The molecule has 1 aliphatic heterocycles. The maximum atomic E-state index is 12.0. The number of carbonyl (C=O) groups is 2. The molecule has 0 saturated carbocycles. The molecule has 2 rings (SSSR count). The van der Waals surface area contributed by atoms with Crippen LogP contribution >= 0.6 is 27.7 Å². The Labute approximate surface area is 116 Å². The zero-order valence-corrected chi connectivity index (χ0v) is 11.8. The summed E-state index contributed by atoms with van der Waals surface area (Å²) in [5.74, 6) is -0.310. The van der Waals surface area contributed by atoms with E-state index in [1.807, 2.05) is 0 Å². The summed E-state index contributed by atoms with van der Waals surface area (Å²) in [6.45, 7) is 0. The second-order valence-corrected chi connectivity index (χ2v) is 6.03. The van der Waals surface area contributed by atoms with Gasteiger partial charge in [-0.15, -0.1) is 0 Å². The summed E-state index contributed by atoms with van der Waals surface area (Å²) < 4.78 is 0.767. The van der Waals surface area contributed by atoms with E-state index >= 15 is 0 Å². The molecular weight excluding hydrogens is 320 g/mol. The lowest BCUT2D eigenvalue weighted by Crippen LogP contribution is -2.54. The second kappa shape index (κ2) is 5.27. The minimum absolute atomic E-state index is 0.218. The summed E-state index contributed by atoms with van der Waals surface area (Å²) in [5.41, 5.74) is -0.938. The van der Waals surface area contributed by atoms with Gasteiger partial charge in [0.15, 0.2) is 0 Å². The number of pyridine rings is 1. The average molecular weight is 331 g/mol. The number of nitrogens with one attached hydrogen (secondary N) is 1. The van der Waals surface area contributed by atoms with Gasteiger partial charge in [-0.3, -0.25) is 4.79 Å². The molecule has 2 N–H and O–H groups in total. The van der Waals surface area contributed by atoms with Gasteiger partial charge < -0.3 is 10.4 Å². The van der Waals surface area contributed by atoms with Crippen LogP contribution in [0.1, 0.15) is 16.9 Å². The monoisotopic (exact) mass is 330 g/mol. The molecule has 96 valence electrons. The van der Waals surface area contributed by atoms with Crippen molar-refractivity contribution >= 4 is 39.6 Å². The number of amides is 1. The van der Waals surface area contributed by atoms with E-state index in [1.165, 1.54) is 18.0 Å². The molecule has 0 aromatic carbocycles. The van der Waals surface area contributed by atoms with Gasteiger partial charge >= 0.3 is 5.97 Å². The fourth-order valence-electron chi connectivity index (χ4n) is 1.68. The molecule has 0 spiro atoms. The molecule has 18 heavy (non-hydrogen) atoms. The van der Waals surface area contributed by atoms with Gasteiger partial charge in [0.25, 0.3) is 5.91 Å². The molecule has 0 radical (unpaired) electrons. The molecule has 5 nitrogen and oxygen atoms in total. The van der Waals surface area contributed by atoms with Crippen molar-refractivity contribution in [2.24, 2.45) is 0 Å². The summed E-state index contributed by atoms with van der Waals surface area (Å²) in [6.07, 6.45) is 1.95. The Kier molecular flexibility index (Phi) is 3.91. The van der Waals surface area contributed by atoms with Crippen LogP contribution in [0.3, 0.4) is 0 Å². The highest BCUT2D eigenvalue weighted by molar-refractivity contribution is 9.10. The Morgan fingerprint density at radius 1 is 1.50 bits per heavy atom. The molecule has 2 heterocycles. The van der Waals surface area contributed by atoms with Crippen LogP contribution in [-0.2, 0) is 4.79 Å². The maximum Gasteiger partial charge on any atom is 0.330 e. The van der Waals surface area contributed by atoms with E-state index in [1.54, 1.807) is 12.1 Å². The van der Waals surface area contributed by atoms with Crippen molar-refractivity contribution in [1.29, 1.82) is 0 Å². The summed E-state index contributed by atoms with van der Waals surface area (Å²) in [5, 5.41) is 11.8. The number of carboxylic acids is 1. The van der Waals surface area contributed by atoms with Gasteiger partial charge in [-0.25, -0.2) is 9.78 Å². The quantitative estimate of drug-likeness (QED) is 0.878. The third-order valence-corrected chi connectivity index (χ3v) is 4.40. The summed E-state index contributed by atoms with van der Waals surface area (Å²) >= 11 is 4.75. The van der Waals surface area contributed by atoms with Crippen LogP contribution < -0.4 is 5.32 Å². The van der Waals surface area contributed by atoms with E-state index in [4.69, 9.17) is 0 Å². The van der Waals surface area contributed by atoms with E-state index in [-0.39, 0.29) is 5.69 Å². The molecule has 1 aromatic heterocycles. The van der Waals surface area contributed by atoms with Crippen molar-refractivity contribution in [2.75, 3.05) is 11.5 Å². The van der Waals surface area contributed by atoms with Gasteiger partial charge in [-0.1, -0.05) is 0 Å². The maximum absolute atomic E-state index is 12.0. The van der Waals surface area contributed by atoms with Gasteiger partial charge in [-0.05, 0) is 40.2 Å². The summed E-state index contributed by atoms with van der Waals surface area (Å²) in [7, 11) is 0. The number of rotatable bonds is 3. The van der Waals surface area contributed by atoms with Gasteiger partial charge in [0.2, 0.25) is 0 Å². The van der Waals surface area contributed by atoms with Crippen LogP contribution in [0.4, 0.5) is 0 Å². The predicted octanol–water partition coefficient (Wildman–Crippen LogP) is 1.53. The van der Waals surface area contributed by atoms with Crippen LogP contribution in [-0.4, -0.2) is 39.0 Å². The highest BCUT2D eigenvalue weighted by atomic mass is 79.9. The lowest BCUT2D eigenvalue weighted by molar-refractivity contribution is -0.143. The number of nitrogens with zero attached hydrogens (tertiary/aromatic N) is 1. The van der Waals surface area contributed by atoms with Crippen molar-refractivity contribution in [3.8, 4) is 0 Å². The SMILES string of the molecule is O=C(N[C@]1(C(=O)O)CCSC1)c1ccc(Br)cn1. The first kappa shape index (κ1) is 13.4. The van der Waals surface area contributed by atoms with Crippen LogP contribution in [0.2, 0.25) is 0 Å². The Balaban J connectivity index is 2.15. The first-order valence-electron chi connectivity index (χ1n) is 5.29. The van der Waals surface area contributed by atoms with Crippen LogP contribution in [0.25, 0.3) is 0 Å². The Morgan fingerprint density at radius 3 is 2.78 bits per heavy atom.